The minimum Gasteiger partial charge on any atom is -0.358 e. The molecule has 0 N–H and O–H groups in total. The fraction of sp³-hybridized carbons (Fsp3) is 0.367. The Morgan fingerprint density at radius 3 is 2.26 bits per heavy atom. The first-order valence-corrected chi connectivity index (χ1v) is 12.5. The minimum atomic E-state index is -0.325. The highest BCUT2D eigenvalue weighted by molar-refractivity contribution is 5.95. The summed E-state index contributed by atoms with van der Waals surface area (Å²) in [7, 11) is 2.13. The Morgan fingerprint density at radius 1 is 0.943 bits per heavy atom. The van der Waals surface area contributed by atoms with Gasteiger partial charge in [-0.05, 0) is 98.8 Å². The van der Waals surface area contributed by atoms with E-state index in [1.807, 2.05) is 18.2 Å². The van der Waals surface area contributed by atoms with Crippen LogP contribution in [0.1, 0.15) is 71.7 Å². The molecular formula is C30H31F2NO2. The van der Waals surface area contributed by atoms with Crippen molar-refractivity contribution >= 4 is 5.78 Å². The van der Waals surface area contributed by atoms with Crippen molar-refractivity contribution in [2.24, 2.45) is 0 Å². The first kappa shape index (κ1) is 23.8. The van der Waals surface area contributed by atoms with Gasteiger partial charge < -0.3 is 9.64 Å². The number of Topliss-reactive ketones (excluding diaryl/α,β-unsaturated/α-hetero) is 1. The summed E-state index contributed by atoms with van der Waals surface area (Å²) in [5, 5.41) is 0. The van der Waals surface area contributed by atoms with Gasteiger partial charge in [0.05, 0.1) is 5.60 Å². The SMILES string of the molecule is CN(CCCC(=O)c1ccc(F)cc1)C1CCC2(CC1)O[C@H](c1ccc(F)cc1)c1ccccc12. The number of carbonyl (C=O) groups excluding carboxylic acids is 1. The van der Waals surface area contributed by atoms with Gasteiger partial charge >= 0.3 is 0 Å². The van der Waals surface area contributed by atoms with Crippen LogP contribution in [0.2, 0.25) is 0 Å². The third-order valence-corrected chi connectivity index (χ3v) is 7.72. The Balaban J connectivity index is 1.19. The second-order valence-electron chi connectivity index (χ2n) is 9.88. The van der Waals surface area contributed by atoms with Crippen molar-refractivity contribution < 1.29 is 18.3 Å². The molecule has 182 valence electrons. The molecule has 0 saturated heterocycles. The molecule has 0 bridgehead atoms. The summed E-state index contributed by atoms with van der Waals surface area (Å²) in [5.41, 5.74) is 3.71. The van der Waals surface area contributed by atoms with E-state index in [4.69, 9.17) is 4.74 Å². The number of halogens is 2. The van der Waals surface area contributed by atoms with E-state index in [2.05, 4.69) is 30.1 Å². The molecule has 0 radical (unpaired) electrons. The van der Waals surface area contributed by atoms with E-state index >= 15 is 0 Å². The number of hydrogen-bond acceptors (Lipinski definition) is 3. The van der Waals surface area contributed by atoms with Crippen LogP contribution in [0.15, 0.2) is 72.8 Å². The second-order valence-corrected chi connectivity index (χ2v) is 9.88. The Kier molecular flexibility index (Phi) is 6.81. The molecule has 1 aliphatic heterocycles. The number of ether oxygens (including phenoxy) is 1. The van der Waals surface area contributed by atoms with Crippen LogP contribution in [0.5, 0.6) is 0 Å². The molecule has 3 nitrogen and oxygen atoms in total. The summed E-state index contributed by atoms with van der Waals surface area (Å²) in [5.74, 6) is -0.504. The summed E-state index contributed by atoms with van der Waals surface area (Å²) >= 11 is 0. The van der Waals surface area contributed by atoms with E-state index in [0.717, 1.165) is 44.2 Å². The van der Waals surface area contributed by atoms with E-state index in [1.54, 1.807) is 12.1 Å². The molecule has 1 heterocycles. The number of carbonyl (C=O) groups is 1. The fourth-order valence-electron chi connectivity index (χ4n) is 5.73. The summed E-state index contributed by atoms with van der Waals surface area (Å²) in [6.45, 7) is 0.847. The van der Waals surface area contributed by atoms with Crippen LogP contribution in [0.3, 0.4) is 0 Å². The Labute approximate surface area is 205 Å². The number of fused-ring (bicyclic) bond motifs is 2. The van der Waals surface area contributed by atoms with Gasteiger partial charge in [-0.25, -0.2) is 8.78 Å². The highest BCUT2D eigenvalue weighted by atomic mass is 19.1. The Bertz CT molecular complexity index is 1170. The lowest BCUT2D eigenvalue weighted by Gasteiger charge is -2.41. The molecule has 5 rings (SSSR count). The number of ketones is 1. The molecule has 5 heteroatoms. The highest BCUT2D eigenvalue weighted by Gasteiger charge is 2.47. The van der Waals surface area contributed by atoms with E-state index in [0.29, 0.717) is 18.0 Å². The van der Waals surface area contributed by atoms with Crippen LogP contribution in [0.4, 0.5) is 8.78 Å². The lowest BCUT2D eigenvalue weighted by Crippen LogP contribution is -2.41. The average molecular weight is 476 g/mol. The molecule has 0 unspecified atom stereocenters. The van der Waals surface area contributed by atoms with Crippen LogP contribution in [-0.4, -0.2) is 30.3 Å². The first-order chi connectivity index (χ1) is 16.9. The van der Waals surface area contributed by atoms with Crippen molar-refractivity contribution in [1.82, 2.24) is 4.90 Å². The zero-order chi connectivity index (χ0) is 24.4. The smallest absolute Gasteiger partial charge is 0.162 e. The van der Waals surface area contributed by atoms with Gasteiger partial charge in [-0.3, -0.25) is 4.79 Å². The fourth-order valence-corrected chi connectivity index (χ4v) is 5.73. The highest BCUT2D eigenvalue weighted by Crippen LogP contribution is 2.53. The van der Waals surface area contributed by atoms with Gasteiger partial charge in [0.1, 0.15) is 17.7 Å². The van der Waals surface area contributed by atoms with Gasteiger partial charge in [-0.2, -0.15) is 0 Å². The maximum Gasteiger partial charge on any atom is 0.162 e. The molecule has 1 fully saturated rings. The van der Waals surface area contributed by atoms with Gasteiger partial charge in [0.15, 0.2) is 5.78 Å². The maximum atomic E-state index is 13.5. The number of rotatable bonds is 7. The molecule has 3 aromatic carbocycles. The number of benzene rings is 3. The topological polar surface area (TPSA) is 29.5 Å². The lowest BCUT2D eigenvalue weighted by molar-refractivity contribution is -0.0942. The average Bonchev–Trinajstić information content (AvgIpc) is 3.19. The summed E-state index contributed by atoms with van der Waals surface area (Å²) in [4.78, 5) is 14.8. The Morgan fingerprint density at radius 2 is 1.57 bits per heavy atom. The molecular weight excluding hydrogens is 444 g/mol. The van der Waals surface area contributed by atoms with Gasteiger partial charge in [-0.1, -0.05) is 36.4 Å². The van der Waals surface area contributed by atoms with Crippen molar-refractivity contribution in [2.45, 2.75) is 56.3 Å². The monoisotopic (exact) mass is 475 g/mol. The van der Waals surface area contributed by atoms with Crippen LogP contribution in [0, 0.1) is 11.6 Å². The molecule has 0 aromatic heterocycles. The van der Waals surface area contributed by atoms with Gasteiger partial charge in [0.2, 0.25) is 0 Å². The van der Waals surface area contributed by atoms with E-state index < -0.39 is 0 Å². The summed E-state index contributed by atoms with van der Waals surface area (Å²) < 4.78 is 33.4. The molecule has 0 amide bonds. The Hall–Kier alpha value is -2.89. The van der Waals surface area contributed by atoms with E-state index in [1.165, 1.54) is 35.4 Å². The van der Waals surface area contributed by atoms with Crippen molar-refractivity contribution in [1.29, 1.82) is 0 Å². The molecule has 1 spiro atoms. The lowest BCUT2D eigenvalue weighted by atomic mass is 9.77. The van der Waals surface area contributed by atoms with Gasteiger partial charge in [0, 0.05) is 18.0 Å². The number of hydrogen-bond donors (Lipinski definition) is 0. The van der Waals surface area contributed by atoms with E-state index in [9.17, 15) is 13.6 Å². The van der Waals surface area contributed by atoms with Crippen LogP contribution < -0.4 is 0 Å². The first-order valence-electron chi connectivity index (χ1n) is 12.5. The molecule has 3 aromatic rings. The van der Waals surface area contributed by atoms with Crippen LogP contribution in [-0.2, 0) is 10.3 Å². The number of nitrogens with zero attached hydrogens (tertiary/aromatic N) is 1. The molecule has 1 aliphatic carbocycles. The van der Waals surface area contributed by atoms with Crippen molar-refractivity contribution in [3.05, 3.63) is 107 Å². The zero-order valence-electron chi connectivity index (χ0n) is 20.1. The van der Waals surface area contributed by atoms with E-state index in [-0.39, 0.29) is 29.1 Å². The zero-order valence-corrected chi connectivity index (χ0v) is 20.1. The predicted octanol–water partition coefficient (Wildman–Crippen LogP) is 6.82. The second kappa shape index (κ2) is 10.00. The van der Waals surface area contributed by atoms with Crippen molar-refractivity contribution in [3.63, 3.8) is 0 Å². The van der Waals surface area contributed by atoms with Gasteiger partial charge in [-0.15, -0.1) is 0 Å². The molecule has 35 heavy (non-hydrogen) atoms. The maximum absolute atomic E-state index is 13.5. The van der Waals surface area contributed by atoms with Gasteiger partial charge in [0.25, 0.3) is 0 Å². The third kappa shape index (κ3) is 4.93. The van der Waals surface area contributed by atoms with Crippen LogP contribution >= 0.6 is 0 Å². The standard InChI is InChI=1S/C30H31F2NO2/c1-33(20-4-7-28(34)21-8-12-23(31)13-9-21)25-16-18-30(19-17-25)27-6-3-2-5-26(27)29(35-30)22-10-14-24(32)15-11-22/h2-3,5-6,8-15,25,29H,4,7,16-20H2,1H3/t25?,29-,30?/m1/s1. The van der Waals surface area contributed by atoms with Crippen LogP contribution in [0.25, 0.3) is 0 Å². The molecule has 1 atom stereocenters. The van der Waals surface area contributed by atoms with Crippen molar-refractivity contribution in [2.75, 3.05) is 13.6 Å². The predicted molar refractivity (Wildman–Crippen MR) is 132 cm³/mol. The minimum absolute atomic E-state index is 0.0591. The van der Waals surface area contributed by atoms with Crippen molar-refractivity contribution in [3.8, 4) is 0 Å². The summed E-state index contributed by atoms with van der Waals surface area (Å²) in [6, 6.07) is 21.3. The quantitative estimate of drug-likeness (QED) is 0.351. The third-order valence-electron chi connectivity index (χ3n) is 7.72. The summed E-state index contributed by atoms with van der Waals surface area (Å²) in [6.07, 6.45) is 4.98. The normalized spacial score (nSPS) is 23.5. The molecule has 1 saturated carbocycles. The molecule has 2 aliphatic rings. The largest absolute Gasteiger partial charge is 0.358 e.